The molecule has 2 aliphatic carbocycles. The topological polar surface area (TPSA) is 72.9 Å². The first-order valence-corrected chi connectivity index (χ1v) is 20.0. The van der Waals surface area contributed by atoms with Crippen molar-refractivity contribution in [3.8, 4) is 11.5 Å². The van der Waals surface area contributed by atoms with Gasteiger partial charge in [-0.3, -0.25) is 14.4 Å². The van der Waals surface area contributed by atoms with Crippen molar-refractivity contribution < 1.29 is 19.1 Å². The minimum Gasteiger partial charge on any atom is -0.497 e. The second kappa shape index (κ2) is 13.9. The molecule has 0 bridgehead atoms. The number of anilines is 1. The second-order valence-electron chi connectivity index (χ2n) is 10.8. The molecule has 0 amide bonds. The van der Waals surface area contributed by atoms with Crippen LogP contribution in [0.15, 0.2) is 113 Å². The summed E-state index contributed by atoms with van der Waals surface area (Å²) in [5, 5.41) is 0. The highest BCUT2D eigenvalue weighted by atomic mass is 32.9. The Morgan fingerprint density at radius 3 is 1.73 bits per heavy atom. The summed E-state index contributed by atoms with van der Waals surface area (Å²) in [5.41, 5.74) is 6.04. The standard InChI is InChI=1S/C36H27NO5S6/c1-4-37-27-33(40)47-48-36(27)46-34(43)28(37)35-44-31(29(38)25-9-5-7-23(25)19-11-15-21(41-2)16-12-19)32(45-35)30(39)26-10-6-8-24(26)20-13-17-22(42-3)18-14-20/h5-8,11-18H,4,9-10H2,1-3H3. The fraction of sp³-hybridized carbons (Fsp3) is 0.167. The molecule has 0 atom stereocenters. The highest BCUT2D eigenvalue weighted by molar-refractivity contribution is 8.30. The zero-order valence-corrected chi connectivity index (χ0v) is 30.9. The molecule has 0 saturated carbocycles. The lowest BCUT2D eigenvalue weighted by Gasteiger charge is -2.30. The van der Waals surface area contributed by atoms with Crippen molar-refractivity contribution in [1.82, 2.24) is 0 Å². The average molecular weight is 746 g/mol. The van der Waals surface area contributed by atoms with Crippen molar-refractivity contribution in [2.75, 3.05) is 25.7 Å². The molecule has 0 unspecified atom stereocenters. The number of rotatable bonds is 9. The average Bonchev–Trinajstić information content (AvgIpc) is 3.94. The van der Waals surface area contributed by atoms with Crippen LogP contribution >= 0.6 is 68.2 Å². The van der Waals surface area contributed by atoms with Gasteiger partial charge in [0.05, 0.1) is 34.0 Å². The smallest absolute Gasteiger partial charge is 0.267 e. The van der Waals surface area contributed by atoms with Gasteiger partial charge in [-0.2, -0.15) is 0 Å². The molecule has 0 fully saturated rings. The van der Waals surface area contributed by atoms with E-state index < -0.39 is 0 Å². The van der Waals surface area contributed by atoms with Gasteiger partial charge in [0, 0.05) is 17.7 Å². The van der Waals surface area contributed by atoms with Gasteiger partial charge in [0.2, 0.25) is 0 Å². The number of benzene rings is 2. The number of allylic oxidation sites excluding steroid dienone is 10. The normalized spacial score (nSPS) is 17.3. The van der Waals surface area contributed by atoms with Gasteiger partial charge >= 0.3 is 0 Å². The van der Waals surface area contributed by atoms with Crippen LogP contribution in [0.25, 0.3) is 11.1 Å². The van der Waals surface area contributed by atoms with Gasteiger partial charge in [0.15, 0.2) is 11.6 Å². The summed E-state index contributed by atoms with van der Waals surface area (Å²) in [6.07, 6.45) is 8.81. The molecule has 2 aromatic carbocycles. The van der Waals surface area contributed by atoms with Crippen LogP contribution in [0.3, 0.4) is 0 Å². The summed E-state index contributed by atoms with van der Waals surface area (Å²) in [4.78, 5) is 45.0. The molecule has 6 nitrogen and oxygen atoms in total. The van der Waals surface area contributed by atoms with E-state index in [1.807, 2.05) is 84.7 Å². The number of hydrogen-bond donors (Lipinski definition) is 0. The van der Waals surface area contributed by atoms with Gasteiger partial charge in [0.1, 0.15) is 25.6 Å². The van der Waals surface area contributed by atoms with Crippen molar-refractivity contribution >= 4 is 101 Å². The number of thioether (sulfide) groups is 3. The lowest BCUT2D eigenvalue weighted by atomic mass is 9.97. The Morgan fingerprint density at radius 2 is 1.27 bits per heavy atom. The van der Waals surface area contributed by atoms with Crippen molar-refractivity contribution in [3.63, 3.8) is 0 Å². The van der Waals surface area contributed by atoms with E-state index in [9.17, 15) is 14.4 Å². The Labute approximate surface area is 303 Å². The molecular weight excluding hydrogens is 719 g/mol. The highest BCUT2D eigenvalue weighted by Crippen LogP contribution is 2.57. The maximum Gasteiger partial charge on any atom is 0.267 e. The fourth-order valence-electron chi connectivity index (χ4n) is 5.88. The van der Waals surface area contributed by atoms with Crippen LogP contribution in [0, 0.1) is 0 Å². The van der Waals surface area contributed by atoms with Crippen LogP contribution in [0.5, 0.6) is 11.5 Å². The Morgan fingerprint density at radius 1 is 0.771 bits per heavy atom. The maximum atomic E-state index is 14.6. The van der Waals surface area contributed by atoms with E-state index >= 15 is 0 Å². The van der Waals surface area contributed by atoms with Gasteiger partial charge in [-0.25, -0.2) is 0 Å². The molecule has 3 heterocycles. The third-order valence-corrected chi connectivity index (χ3v) is 14.8. The minimum atomic E-state index is -0.180. The van der Waals surface area contributed by atoms with Crippen LogP contribution in [0.4, 0.5) is 5.69 Å². The number of ether oxygens (including phenoxy) is 2. The van der Waals surface area contributed by atoms with Gasteiger partial charge in [-0.05, 0) is 76.6 Å². The molecule has 1 aromatic heterocycles. The number of carbonyl (C=O) groups is 2. The first-order valence-electron chi connectivity index (χ1n) is 15.0. The molecule has 7 rings (SSSR count). The highest BCUT2D eigenvalue weighted by Gasteiger charge is 2.40. The number of methoxy groups -OCH3 is 2. The molecule has 48 heavy (non-hydrogen) atoms. The molecule has 3 aromatic rings. The molecule has 2 aliphatic heterocycles. The van der Waals surface area contributed by atoms with Crippen molar-refractivity contribution in [1.29, 1.82) is 0 Å². The quantitative estimate of drug-likeness (QED) is 0.120. The summed E-state index contributed by atoms with van der Waals surface area (Å²) in [7, 11) is 5.87. The summed E-state index contributed by atoms with van der Waals surface area (Å²) in [6, 6.07) is 15.3. The van der Waals surface area contributed by atoms with E-state index in [1.165, 1.54) is 56.0 Å². The van der Waals surface area contributed by atoms with Crippen molar-refractivity contribution in [2.24, 2.45) is 0 Å². The van der Waals surface area contributed by atoms with Crippen LogP contribution in [-0.4, -0.2) is 36.5 Å². The Bertz CT molecular complexity index is 2020. The van der Waals surface area contributed by atoms with Gasteiger partial charge < -0.3 is 14.4 Å². The predicted molar refractivity (Wildman–Crippen MR) is 207 cm³/mol. The summed E-state index contributed by atoms with van der Waals surface area (Å²) in [6.45, 7) is 2.50. The van der Waals surface area contributed by atoms with E-state index in [0.29, 0.717) is 55.9 Å². The Hall–Kier alpha value is -3.39. The predicted octanol–water partition coefficient (Wildman–Crippen LogP) is 9.27. The zero-order valence-electron chi connectivity index (χ0n) is 26.0. The molecule has 0 N–H and O–H groups in total. The monoisotopic (exact) mass is 745 g/mol. The van der Waals surface area contributed by atoms with Gasteiger partial charge in [-0.15, -0.1) is 0 Å². The Balaban J connectivity index is 1.35. The van der Waals surface area contributed by atoms with E-state index in [-0.39, 0.29) is 16.3 Å². The number of thiocarbonyl (C=S) groups is 1. The molecule has 4 aliphatic rings. The van der Waals surface area contributed by atoms with E-state index in [1.54, 1.807) is 14.2 Å². The third-order valence-electron chi connectivity index (χ3n) is 8.23. The summed E-state index contributed by atoms with van der Waals surface area (Å²) in [5.74, 6) is 1.10. The van der Waals surface area contributed by atoms with E-state index in [4.69, 9.17) is 21.7 Å². The van der Waals surface area contributed by atoms with Crippen molar-refractivity contribution in [3.05, 3.63) is 124 Å². The van der Waals surface area contributed by atoms with E-state index in [2.05, 4.69) is 0 Å². The molecule has 0 spiro atoms. The van der Waals surface area contributed by atoms with E-state index in [0.717, 1.165) is 42.2 Å². The molecular formula is C36H27NO5S6. The number of carbonyl (C=O) groups excluding carboxylic acids is 2. The molecule has 0 saturated heterocycles. The largest absolute Gasteiger partial charge is 0.497 e. The van der Waals surface area contributed by atoms with Crippen molar-refractivity contribution in [2.45, 2.75) is 24.0 Å². The SMILES string of the molecule is CCN1C(=C2SC(C(=O)C3=C(c4ccc(OC)cc4)C=CC3)=C(C(=O)C3=C(c4ccc(OC)cc4)C=CC3)S2)C(=S)Sc2ssc(=O)c21. The zero-order chi connectivity index (χ0) is 33.5. The third kappa shape index (κ3) is 5.92. The number of nitrogens with zero attached hydrogens (tertiary/aromatic N) is 1. The van der Waals surface area contributed by atoms with Crippen LogP contribution in [0.2, 0.25) is 0 Å². The summed E-state index contributed by atoms with van der Waals surface area (Å²) < 4.78 is 12.9. The molecule has 242 valence electrons. The molecule has 12 heteroatoms. The molecule has 0 radical (unpaired) electrons. The van der Waals surface area contributed by atoms with Crippen LogP contribution in [0.1, 0.15) is 30.9 Å². The number of ketones is 2. The van der Waals surface area contributed by atoms with Gasteiger partial charge in [0.25, 0.3) is 4.74 Å². The lowest BCUT2D eigenvalue weighted by Crippen LogP contribution is -2.32. The minimum absolute atomic E-state index is 0.0175. The maximum absolute atomic E-state index is 14.6. The summed E-state index contributed by atoms with van der Waals surface area (Å²) >= 11 is 9.91. The number of hydrogen-bond acceptors (Lipinski definition) is 12. The fourth-order valence-corrected chi connectivity index (χ4v) is 13.0. The first kappa shape index (κ1) is 33.1. The van der Waals surface area contributed by atoms with Crippen LogP contribution in [-0.2, 0) is 9.59 Å². The second-order valence-corrected chi connectivity index (χ2v) is 17.2. The first-order chi connectivity index (χ1) is 23.3. The van der Waals surface area contributed by atoms with Gasteiger partial charge in [-0.1, -0.05) is 106 Å². The lowest BCUT2D eigenvalue weighted by molar-refractivity contribution is -0.113. The van der Waals surface area contributed by atoms with Crippen LogP contribution < -0.4 is 19.1 Å². The number of Topliss-reactive ketones (excluding diaryl/α,β-unsaturated/α-hetero) is 2. The number of fused-ring (bicyclic) bond motifs is 1. The Kier molecular flexibility index (Phi) is 9.56.